The first-order chi connectivity index (χ1) is 13.0. The molecule has 0 spiro atoms. The van der Waals surface area contributed by atoms with Gasteiger partial charge in [0.2, 0.25) is 5.91 Å². The van der Waals surface area contributed by atoms with Crippen LogP contribution < -0.4 is 15.4 Å². The highest BCUT2D eigenvalue weighted by atomic mass is 19.1. The summed E-state index contributed by atoms with van der Waals surface area (Å²) in [4.78, 5) is 25.4. The monoisotopic (exact) mass is 371 g/mol. The van der Waals surface area contributed by atoms with E-state index in [-0.39, 0.29) is 17.8 Å². The minimum Gasteiger partial charge on any atom is -0.492 e. The van der Waals surface area contributed by atoms with Crippen molar-refractivity contribution in [2.75, 3.05) is 25.0 Å². The number of benzene rings is 2. The summed E-state index contributed by atoms with van der Waals surface area (Å²) in [5, 5.41) is 5.67. The van der Waals surface area contributed by atoms with Crippen LogP contribution in [0.5, 0.6) is 5.75 Å². The van der Waals surface area contributed by atoms with Crippen LogP contribution in [0.1, 0.15) is 18.1 Å². The number of rotatable bonds is 5. The van der Waals surface area contributed by atoms with Crippen LogP contribution in [0.2, 0.25) is 0 Å². The highest BCUT2D eigenvalue weighted by Gasteiger charge is 2.22. The molecule has 0 radical (unpaired) electrons. The molecule has 2 aromatic rings. The number of nitrogens with one attached hydrogen (secondary N) is 2. The molecule has 0 unspecified atom stereocenters. The molecule has 0 saturated carbocycles. The minimum absolute atomic E-state index is 0.107. The van der Waals surface area contributed by atoms with Crippen molar-refractivity contribution >= 4 is 17.6 Å². The Hall–Kier alpha value is -3.09. The lowest BCUT2D eigenvalue weighted by Gasteiger charge is -2.30. The molecular weight excluding hydrogens is 349 g/mol. The van der Waals surface area contributed by atoms with Crippen LogP contribution in [0.4, 0.5) is 14.9 Å². The van der Waals surface area contributed by atoms with Crippen molar-refractivity contribution in [1.29, 1.82) is 0 Å². The van der Waals surface area contributed by atoms with Gasteiger partial charge in [-0.05, 0) is 47.9 Å². The molecule has 0 fully saturated rings. The third-order valence-corrected chi connectivity index (χ3v) is 4.32. The third-order valence-electron chi connectivity index (χ3n) is 4.32. The molecule has 0 atom stereocenters. The van der Waals surface area contributed by atoms with Crippen molar-refractivity contribution in [3.05, 3.63) is 59.4 Å². The minimum atomic E-state index is -0.317. The molecule has 2 N–H and O–H groups in total. The maximum absolute atomic E-state index is 12.8. The predicted molar refractivity (Wildman–Crippen MR) is 100 cm³/mol. The van der Waals surface area contributed by atoms with Gasteiger partial charge in [0.25, 0.3) is 0 Å². The van der Waals surface area contributed by atoms with Crippen LogP contribution in [-0.4, -0.2) is 36.5 Å². The molecule has 1 heterocycles. The summed E-state index contributed by atoms with van der Waals surface area (Å²) in [5.74, 6) is 0.135. The summed E-state index contributed by atoms with van der Waals surface area (Å²) in [5.41, 5.74) is 2.93. The van der Waals surface area contributed by atoms with E-state index in [2.05, 4.69) is 10.6 Å². The van der Waals surface area contributed by atoms with Gasteiger partial charge < -0.3 is 20.3 Å². The summed E-state index contributed by atoms with van der Waals surface area (Å²) in [6.45, 7) is 3.21. The lowest BCUT2D eigenvalue weighted by Crippen LogP contribution is -2.44. The SMILES string of the molecule is CC(=O)Nc1cccc2c1CCN(C(=O)NCCOc1ccc(F)cc1)C2. The zero-order valence-corrected chi connectivity index (χ0v) is 15.1. The van der Waals surface area contributed by atoms with E-state index in [0.717, 1.165) is 16.8 Å². The van der Waals surface area contributed by atoms with Crippen LogP contribution in [0.25, 0.3) is 0 Å². The van der Waals surface area contributed by atoms with Gasteiger partial charge in [-0.1, -0.05) is 12.1 Å². The average molecular weight is 371 g/mol. The first-order valence-electron chi connectivity index (χ1n) is 8.82. The van der Waals surface area contributed by atoms with Crippen molar-refractivity contribution in [2.45, 2.75) is 19.9 Å². The molecule has 0 aliphatic carbocycles. The van der Waals surface area contributed by atoms with Gasteiger partial charge in [-0.2, -0.15) is 0 Å². The van der Waals surface area contributed by atoms with Crippen LogP contribution in [0, 0.1) is 5.82 Å². The standard InChI is InChI=1S/C20H22FN3O3/c1-14(25)23-19-4-2-3-15-13-24(11-9-18(15)19)20(26)22-10-12-27-17-7-5-16(21)6-8-17/h2-8H,9-13H2,1H3,(H,22,26)(H,23,25). The predicted octanol–water partition coefficient (Wildman–Crippen LogP) is 2.93. The lowest BCUT2D eigenvalue weighted by molar-refractivity contribution is -0.114. The Kier molecular flexibility index (Phi) is 5.90. The van der Waals surface area contributed by atoms with Crippen LogP contribution in [-0.2, 0) is 17.8 Å². The topological polar surface area (TPSA) is 70.7 Å². The van der Waals surface area contributed by atoms with Gasteiger partial charge in [-0.25, -0.2) is 9.18 Å². The van der Waals surface area contributed by atoms with Gasteiger partial charge >= 0.3 is 6.03 Å². The number of ether oxygens (including phenoxy) is 1. The normalized spacial score (nSPS) is 12.9. The van der Waals surface area contributed by atoms with Crippen molar-refractivity contribution in [3.8, 4) is 5.75 Å². The zero-order valence-electron chi connectivity index (χ0n) is 15.1. The van der Waals surface area contributed by atoms with E-state index in [0.29, 0.717) is 38.4 Å². The second-order valence-corrected chi connectivity index (χ2v) is 6.33. The molecule has 1 aliphatic heterocycles. The zero-order chi connectivity index (χ0) is 19.2. The number of hydrogen-bond acceptors (Lipinski definition) is 3. The number of amides is 3. The highest BCUT2D eigenvalue weighted by molar-refractivity contribution is 5.90. The van der Waals surface area contributed by atoms with Gasteiger partial charge in [0.15, 0.2) is 0 Å². The molecular formula is C20H22FN3O3. The van der Waals surface area contributed by atoms with Crippen LogP contribution in [0.15, 0.2) is 42.5 Å². The number of urea groups is 1. The van der Waals surface area contributed by atoms with E-state index in [1.165, 1.54) is 19.1 Å². The average Bonchev–Trinajstić information content (AvgIpc) is 2.66. The molecule has 7 heteroatoms. The summed E-state index contributed by atoms with van der Waals surface area (Å²) in [6, 6.07) is 11.3. The summed E-state index contributed by atoms with van der Waals surface area (Å²) >= 11 is 0. The number of carbonyl (C=O) groups excluding carboxylic acids is 2. The third kappa shape index (κ3) is 4.97. The number of anilines is 1. The Morgan fingerprint density at radius 1 is 1.19 bits per heavy atom. The molecule has 0 bridgehead atoms. The maximum Gasteiger partial charge on any atom is 0.317 e. The van der Waals surface area contributed by atoms with Crippen LogP contribution in [0.3, 0.4) is 0 Å². The number of nitrogens with zero attached hydrogens (tertiary/aromatic N) is 1. The highest BCUT2D eigenvalue weighted by Crippen LogP contribution is 2.26. The Bertz CT molecular complexity index is 824. The van der Waals surface area contributed by atoms with Crippen molar-refractivity contribution in [3.63, 3.8) is 0 Å². The molecule has 27 heavy (non-hydrogen) atoms. The van der Waals surface area contributed by atoms with E-state index >= 15 is 0 Å². The quantitative estimate of drug-likeness (QED) is 0.794. The first kappa shape index (κ1) is 18.7. The molecule has 3 amide bonds. The van der Waals surface area contributed by atoms with Gasteiger partial charge in [0.1, 0.15) is 18.2 Å². The van der Waals surface area contributed by atoms with E-state index < -0.39 is 0 Å². The molecule has 1 aliphatic rings. The van der Waals surface area contributed by atoms with E-state index in [9.17, 15) is 14.0 Å². The second kappa shape index (κ2) is 8.53. The molecule has 6 nitrogen and oxygen atoms in total. The first-order valence-corrected chi connectivity index (χ1v) is 8.82. The number of fused-ring (bicyclic) bond motifs is 1. The fourth-order valence-corrected chi connectivity index (χ4v) is 3.06. The van der Waals surface area contributed by atoms with Crippen molar-refractivity contribution in [2.24, 2.45) is 0 Å². The van der Waals surface area contributed by atoms with Gasteiger partial charge in [-0.15, -0.1) is 0 Å². The van der Waals surface area contributed by atoms with Gasteiger partial charge in [0.05, 0.1) is 6.54 Å². The Balaban J connectivity index is 1.49. The molecule has 2 aromatic carbocycles. The lowest BCUT2D eigenvalue weighted by atomic mass is 9.98. The summed E-state index contributed by atoms with van der Waals surface area (Å²) < 4.78 is 18.3. The fourth-order valence-electron chi connectivity index (χ4n) is 3.06. The van der Waals surface area contributed by atoms with E-state index in [4.69, 9.17) is 4.74 Å². The fraction of sp³-hybridized carbons (Fsp3) is 0.300. The number of carbonyl (C=O) groups is 2. The Morgan fingerprint density at radius 2 is 1.96 bits per heavy atom. The van der Waals surface area contributed by atoms with E-state index in [1.807, 2.05) is 18.2 Å². The summed E-state index contributed by atoms with van der Waals surface area (Å²) in [6.07, 6.45) is 0.686. The second-order valence-electron chi connectivity index (χ2n) is 6.33. The van der Waals surface area contributed by atoms with E-state index in [1.54, 1.807) is 17.0 Å². The molecule has 142 valence electrons. The molecule has 0 aromatic heterocycles. The summed E-state index contributed by atoms with van der Waals surface area (Å²) in [7, 11) is 0. The number of hydrogen-bond donors (Lipinski definition) is 2. The number of halogens is 1. The van der Waals surface area contributed by atoms with Crippen molar-refractivity contribution < 1.29 is 18.7 Å². The largest absolute Gasteiger partial charge is 0.492 e. The van der Waals surface area contributed by atoms with Gasteiger partial charge in [0, 0.05) is 25.7 Å². The van der Waals surface area contributed by atoms with Crippen molar-refractivity contribution in [1.82, 2.24) is 10.2 Å². The Labute approximate surface area is 157 Å². The van der Waals surface area contributed by atoms with Crippen LogP contribution >= 0.6 is 0 Å². The van der Waals surface area contributed by atoms with Gasteiger partial charge in [-0.3, -0.25) is 4.79 Å². The smallest absolute Gasteiger partial charge is 0.317 e. The molecule has 0 saturated heterocycles. The maximum atomic E-state index is 12.8. The Morgan fingerprint density at radius 3 is 2.70 bits per heavy atom. The molecule has 3 rings (SSSR count).